The van der Waals surface area contributed by atoms with Gasteiger partial charge in [0, 0.05) is 19.2 Å². The summed E-state index contributed by atoms with van der Waals surface area (Å²) in [6.45, 7) is 13.3. The third kappa shape index (κ3) is 6.65. The molecule has 0 spiro atoms. The SMILES string of the molecule is [BH3-]c1c(C)nc2c(C)nc(C)c(C)n12.[B]=C(NC(CC)C(=O)O)C(C)NC(=O)C(C)N. The minimum atomic E-state index is -0.985. The van der Waals surface area contributed by atoms with Crippen molar-refractivity contribution in [1.82, 2.24) is 25.0 Å². The Morgan fingerprint density at radius 3 is 2.19 bits per heavy atom. The van der Waals surface area contributed by atoms with E-state index in [1.54, 1.807) is 20.8 Å². The van der Waals surface area contributed by atoms with Crippen LogP contribution in [-0.2, 0) is 9.59 Å². The molecule has 0 aliphatic carbocycles. The number of nitrogens with one attached hydrogen (secondary N) is 2. The van der Waals surface area contributed by atoms with Crippen LogP contribution in [0.15, 0.2) is 0 Å². The molecule has 0 fully saturated rings. The number of aromatic nitrogens is 3. The zero-order valence-electron chi connectivity index (χ0n) is 18.7. The number of amides is 1. The van der Waals surface area contributed by atoms with Crippen LogP contribution in [0.5, 0.6) is 0 Å². The summed E-state index contributed by atoms with van der Waals surface area (Å²) < 4.78 is 2.30. The second-order valence-corrected chi connectivity index (χ2v) is 7.25. The number of carboxylic acid groups (broad SMARTS) is 1. The Kier molecular flexibility index (Phi) is 9.42. The molecule has 3 unspecified atom stereocenters. The summed E-state index contributed by atoms with van der Waals surface area (Å²) in [5.41, 5.74) is 12.7. The molecule has 0 saturated heterocycles. The normalized spacial score (nSPS) is 13.5. The number of nitrogens with two attached hydrogens (primary N) is 1. The van der Waals surface area contributed by atoms with E-state index >= 15 is 0 Å². The predicted octanol–water partition coefficient (Wildman–Crippen LogP) is -1.46. The zero-order chi connectivity index (χ0) is 24.0. The van der Waals surface area contributed by atoms with Crippen LogP contribution in [0.25, 0.3) is 5.65 Å². The number of hydrogen-bond acceptors (Lipinski definition) is 6. The van der Waals surface area contributed by atoms with E-state index < -0.39 is 24.1 Å². The van der Waals surface area contributed by atoms with Crippen LogP contribution >= 0.6 is 0 Å². The Labute approximate surface area is 185 Å². The molecule has 2 heterocycles. The molecule has 0 aliphatic rings. The number of hydrogen-bond donors (Lipinski definition) is 4. The second kappa shape index (κ2) is 11.1. The molecule has 0 aliphatic heterocycles. The molecule has 31 heavy (non-hydrogen) atoms. The van der Waals surface area contributed by atoms with Crippen molar-refractivity contribution in [3.63, 3.8) is 0 Å². The van der Waals surface area contributed by atoms with Crippen LogP contribution in [0.3, 0.4) is 0 Å². The molecule has 9 nitrogen and oxygen atoms in total. The van der Waals surface area contributed by atoms with Crippen molar-refractivity contribution in [2.45, 2.75) is 73.0 Å². The number of nitrogens with zero attached hydrogens (tertiary/aromatic N) is 3. The number of fused-ring (bicyclic) bond motifs is 1. The molecule has 2 aromatic rings. The van der Waals surface area contributed by atoms with Gasteiger partial charge in [0.25, 0.3) is 0 Å². The third-order valence-corrected chi connectivity index (χ3v) is 4.56. The van der Waals surface area contributed by atoms with Crippen molar-refractivity contribution >= 4 is 44.0 Å². The van der Waals surface area contributed by atoms with Gasteiger partial charge in [-0.25, -0.2) is 4.98 Å². The van der Waals surface area contributed by atoms with Gasteiger partial charge in [-0.3, -0.25) is 4.98 Å². The number of imidazole rings is 1. The van der Waals surface area contributed by atoms with E-state index in [-0.39, 0.29) is 19.3 Å². The summed E-state index contributed by atoms with van der Waals surface area (Å²) in [5, 5.41) is 14.1. The quantitative estimate of drug-likeness (QED) is 0.396. The van der Waals surface area contributed by atoms with Crippen LogP contribution in [0.4, 0.5) is 0 Å². The fourth-order valence-electron chi connectivity index (χ4n) is 2.57. The van der Waals surface area contributed by atoms with Crippen LogP contribution in [0, 0.1) is 27.7 Å². The zero-order valence-corrected chi connectivity index (χ0v) is 18.7. The Morgan fingerprint density at radius 1 is 1.13 bits per heavy atom. The Bertz CT molecular complexity index is 974. The van der Waals surface area contributed by atoms with Crippen molar-refractivity contribution in [2.75, 3.05) is 0 Å². The summed E-state index contributed by atoms with van der Waals surface area (Å²) in [4.78, 5) is 31.2. The Morgan fingerprint density at radius 2 is 1.71 bits per heavy atom. The van der Waals surface area contributed by atoms with Gasteiger partial charge in [0.1, 0.15) is 0 Å². The first-order valence-electron chi connectivity index (χ1n) is 9.78. The maximum absolute atomic E-state index is 11.3. The van der Waals surface area contributed by atoms with E-state index in [0.29, 0.717) is 6.42 Å². The van der Waals surface area contributed by atoms with Gasteiger partial charge in [0.2, 0.25) is 0 Å². The first-order chi connectivity index (χ1) is 14.3. The molecule has 1 radical (unpaired) electrons. The molecule has 1 amide bonds. The molecular weight excluding hydrogens is 394 g/mol. The fourth-order valence-corrected chi connectivity index (χ4v) is 2.57. The summed E-state index contributed by atoms with van der Waals surface area (Å²) >= 11 is 0. The minimum absolute atomic E-state index is 0.173. The number of aliphatic carboxylic acids is 1. The van der Waals surface area contributed by atoms with E-state index in [1.165, 1.54) is 17.0 Å². The predicted molar refractivity (Wildman–Crippen MR) is 128 cm³/mol. The number of rotatable bonds is 7. The van der Waals surface area contributed by atoms with Gasteiger partial charge in [-0.1, -0.05) is 0 Å². The summed E-state index contributed by atoms with van der Waals surface area (Å²) in [5.74, 6) is -1.33. The third-order valence-electron chi connectivity index (χ3n) is 4.56. The standard InChI is InChI=1S/C10H19BN3O3.C10H15BN3/c1-4-7(10(16)17)14-8(11)6(3)13-9(15)5(2)12;1-5-8(4)14-9(11)6(2)13-10(14)7(3)12-5/h5-7,14H,4,12H2,1-3H3,(H,13,15)(H,16,17);1-4,11H3/q;-1. The van der Waals surface area contributed by atoms with E-state index in [0.717, 1.165) is 17.0 Å². The summed E-state index contributed by atoms with van der Waals surface area (Å²) in [7, 11) is 5.84. The van der Waals surface area contributed by atoms with Gasteiger partial charge in [-0.15, -0.1) is 5.59 Å². The maximum atomic E-state index is 11.3. The van der Waals surface area contributed by atoms with E-state index in [4.69, 9.17) is 18.3 Å². The van der Waals surface area contributed by atoms with Crippen LogP contribution in [0.1, 0.15) is 50.0 Å². The monoisotopic (exact) mass is 428 g/mol. The van der Waals surface area contributed by atoms with Crippen molar-refractivity contribution in [3.05, 3.63) is 22.8 Å². The van der Waals surface area contributed by atoms with Crippen LogP contribution in [-0.4, -0.2) is 70.4 Å². The molecule has 3 atom stereocenters. The number of carboxylic acids is 1. The molecule has 5 N–H and O–H groups in total. The van der Waals surface area contributed by atoms with Gasteiger partial charge in [-0.05, 0) is 27.7 Å². The Balaban J connectivity index is 0.000000314. The first-order valence-corrected chi connectivity index (χ1v) is 9.78. The van der Waals surface area contributed by atoms with Crippen molar-refractivity contribution in [2.24, 2.45) is 5.73 Å². The van der Waals surface area contributed by atoms with E-state index in [1.807, 2.05) is 6.92 Å². The Hall–Kier alpha value is -2.68. The van der Waals surface area contributed by atoms with Gasteiger partial charge >= 0.3 is 101 Å². The van der Waals surface area contributed by atoms with Crippen LogP contribution in [0.2, 0.25) is 0 Å². The number of carbonyl (C=O) groups excluding carboxylic acids is 1. The van der Waals surface area contributed by atoms with Gasteiger partial charge < -0.3 is 4.40 Å². The molecular formula is C20H34B2N6O3-. The molecule has 169 valence electrons. The molecule has 0 aromatic carbocycles. The number of aryl methyl sites for hydroxylation is 4. The van der Waals surface area contributed by atoms with Crippen molar-refractivity contribution in [1.29, 1.82) is 0 Å². The first kappa shape index (κ1) is 26.4. The number of carbonyl (C=O) groups is 2. The van der Waals surface area contributed by atoms with Crippen molar-refractivity contribution in [3.8, 4) is 0 Å². The van der Waals surface area contributed by atoms with Gasteiger partial charge in [0.15, 0.2) is 5.65 Å². The van der Waals surface area contributed by atoms with Gasteiger partial charge in [-0.2, -0.15) is 0 Å². The van der Waals surface area contributed by atoms with E-state index in [2.05, 4.69) is 45.8 Å². The molecule has 11 heteroatoms. The molecule has 2 rings (SSSR count). The second-order valence-electron chi connectivity index (χ2n) is 7.25. The summed E-state index contributed by atoms with van der Waals surface area (Å²) in [6.07, 6.45) is 0.393. The van der Waals surface area contributed by atoms with Crippen LogP contribution < -0.4 is 22.0 Å². The van der Waals surface area contributed by atoms with Gasteiger partial charge in [0.05, 0.1) is 11.4 Å². The topological polar surface area (TPSA) is 135 Å². The van der Waals surface area contributed by atoms with E-state index in [9.17, 15) is 9.59 Å². The fraction of sp³-hybridized carbons (Fsp3) is 0.550. The average Bonchev–Trinajstić information content (AvgIpc) is 2.99. The molecule has 2 aromatic heterocycles. The van der Waals surface area contributed by atoms with Crippen molar-refractivity contribution < 1.29 is 14.7 Å². The average molecular weight is 428 g/mol. The summed E-state index contributed by atoms with van der Waals surface area (Å²) in [6, 6.07) is -1.88. The molecule has 0 bridgehead atoms. The molecule has 0 saturated carbocycles.